The lowest BCUT2D eigenvalue weighted by atomic mass is 9.66. The van der Waals surface area contributed by atoms with Crippen molar-refractivity contribution in [2.45, 2.75) is 72.8 Å². The average Bonchev–Trinajstić information content (AvgIpc) is 3.16. The van der Waals surface area contributed by atoms with E-state index in [-0.39, 0.29) is 11.3 Å². The molecule has 0 saturated heterocycles. The van der Waals surface area contributed by atoms with Crippen LogP contribution in [0.5, 0.6) is 0 Å². The van der Waals surface area contributed by atoms with Crippen LogP contribution in [0.4, 0.5) is 9.93 Å². The normalized spacial score (nSPS) is 19.6. The maximum atomic E-state index is 13.3. The summed E-state index contributed by atoms with van der Waals surface area (Å²) < 4.78 is 6.19. The summed E-state index contributed by atoms with van der Waals surface area (Å²) in [6, 6.07) is 0. The molecule has 1 heterocycles. The number of unbranched alkanes of at least 4 members (excludes halogenated alkanes) is 2. The van der Waals surface area contributed by atoms with Gasteiger partial charge in [0.1, 0.15) is 5.60 Å². The summed E-state index contributed by atoms with van der Waals surface area (Å²) in [4.78, 5) is 47.7. The van der Waals surface area contributed by atoms with E-state index in [1.54, 1.807) is 26.2 Å². The van der Waals surface area contributed by atoms with Crippen LogP contribution in [0.2, 0.25) is 0 Å². The number of allylic oxidation sites excluding steroid dienone is 2. The summed E-state index contributed by atoms with van der Waals surface area (Å²) >= 11 is 1.29. The molecule has 0 aromatic carbocycles. The average molecular weight is 507 g/mol. The molecular weight excluding hydrogens is 468 g/mol. The lowest BCUT2D eigenvalue weighted by Gasteiger charge is -2.45. The Morgan fingerprint density at radius 3 is 2.51 bits per heavy atom. The minimum absolute atomic E-state index is 0.0926. The van der Waals surface area contributed by atoms with E-state index in [2.05, 4.69) is 28.0 Å². The van der Waals surface area contributed by atoms with Crippen molar-refractivity contribution in [3.05, 3.63) is 34.4 Å². The second-order valence-electron chi connectivity index (χ2n) is 9.46. The first-order valence-electron chi connectivity index (χ1n) is 12.0. The molecule has 0 saturated carbocycles. The number of carbonyl (C=O) groups excluding carboxylic acids is 3. The zero-order valence-electron chi connectivity index (χ0n) is 21.7. The van der Waals surface area contributed by atoms with E-state index < -0.39 is 23.5 Å². The van der Waals surface area contributed by atoms with Crippen LogP contribution in [0, 0.1) is 18.3 Å². The number of hydrogen-bond acceptors (Lipinski definition) is 7. The van der Waals surface area contributed by atoms with Crippen LogP contribution in [-0.4, -0.2) is 36.5 Å². The standard InChI is InChI=1S/C25H38N4O5S/c1-8-10-11-15-19(30)28-22-27-16(3)20(35-22)25(33-7)17(13-12-14-18(25)24(4,5)6)21(31)29-34-23(32)26-9-2/h12-14,17H,8-11,15H2,1-7H3,(H,26,32)(H,29,31)(H,27,28,30). The summed E-state index contributed by atoms with van der Waals surface area (Å²) in [5.74, 6) is -1.49. The van der Waals surface area contributed by atoms with Gasteiger partial charge in [0.2, 0.25) is 5.91 Å². The first kappa shape index (κ1) is 28.5. The third-order valence-corrected chi connectivity index (χ3v) is 6.96. The van der Waals surface area contributed by atoms with Crippen LogP contribution in [-0.2, 0) is 24.8 Å². The molecule has 1 aromatic rings. The van der Waals surface area contributed by atoms with E-state index in [9.17, 15) is 14.4 Å². The largest absolute Gasteiger partial charge is 0.431 e. The van der Waals surface area contributed by atoms with E-state index in [0.717, 1.165) is 24.8 Å². The van der Waals surface area contributed by atoms with Gasteiger partial charge in [-0.2, -0.15) is 5.48 Å². The van der Waals surface area contributed by atoms with E-state index in [1.165, 1.54) is 11.3 Å². The van der Waals surface area contributed by atoms with Gasteiger partial charge in [-0.15, -0.1) is 0 Å². The highest BCUT2D eigenvalue weighted by Gasteiger charge is 2.53. The lowest BCUT2D eigenvalue weighted by molar-refractivity contribution is -0.141. The lowest BCUT2D eigenvalue weighted by Crippen LogP contribution is -2.50. The number of amides is 3. The van der Waals surface area contributed by atoms with Crippen LogP contribution in [0.15, 0.2) is 23.8 Å². The van der Waals surface area contributed by atoms with Gasteiger partial charge in [0.15, 0.2) is 5.13 Å². The number of aromatic nitrogens is 1. The van der Waals surface area contributed by atoms with Crippen molar-refractivity contribution in [2.24, 2.45) is 11.3 Å². The van der Waals surface area contributed by atoms with Gasteiger partial charge < -0.3 is 20.2 Å². The number of hydrogen-bond donors (Lipinski definition) is 3. The number of thiazole rings is 1. The van der Waals surface area contributed by atoms with Gasteiger partial charge in [0.25, 0.3) is 5.91 Å². The zero-order valence-corrected chi connectivity index (χ0v) is 22.6. The van der Waals surface area contributed by atoms with Crippen LogP contribution in [0.1, 0.15) is 70.9 Å². The molecular formula is C25H38N4O5S. The number of rotatable bonds is 9. The summed E-state index contributed by atoms with van der Waals surface area (Å²) in [5, 5.41) is 5.81. The van der Waals surface area contributed by atoms with E-state index >= 15 is 0 Å². The number of methoxy groups -OCH3 is 1. The second kappa shape index (κ2) is 12.3. The summed E-state index contributed by atoms with van der Waals surface area (Å²) in [7, 11) is 1.55. The fourth-order valence-corrected chi connectivity index (χ4v) is 5.42. The molecule has 1 aromatic heterocycles. The molecule has 3 N–H and O–H groups in total. The van der Waals surface area contributed by atoms with Gasteiger partial charge in [-0.25, -0.2) is 9.78 Å². The molecule has 9 nitrogen and oxygen atoms in total. The van der Waals surface area contributed by atoms with Crippen molar-refractivity contribution in [3.63, 3.8) is 0 Å². The van der Waals surface area contributed by atoms with Crippen LogP contribution in [0.3, 0.4) is 0 Å². The molecule has 2 unspecified atom stereocenters. The molecule has 0 bridgehead atoms. The Labute approximate surface area is 211 Å². The van der Waals surface area contributed by atoms with Gasteiger partial charge >= 0.3 is 6.09 Å². The molecule has 0 aliphatic heterocycles. The molecule has 1 aliphatic carbocycles. The molecule has 2 rings (SSSR count). The van der Waals surface area contributed by atoms with Gasteiger partial charge in [-0.05, 0) is 31.3 Å². The van der Waals surface area contributed by atoms with Crippen LogP contribution < -0.4 is 16.1 Å². The monoisotopic (exact) mass is 506 g/mol. The van der Waals surface area contributed by atoms with E-state index in [0.29, 0.717) is 28.7 Å². The molecule has 3 amide bonds. The van der Waals surface area contributed by atoms with Gasteiger partial charge in [0.05, 0.1) is 16.5 Å². The maximum absolute atomic E-state index is 13.3. The molecule has 35 heavy (non-hydrogen) atoms. The smallest absolute Gasteiger partial charge is 0.367 e. The Morgan fingerprint density at radius 1 is 1.20 bits per heavy atom. The Morgan fingerprint density at radius 2 is 1.91 bits per heavy atom. The number of carbonyl (C=O) groups is 3. The summed E-state index contributed by atoms with van der Waals surface area (Å²) in [6.07, 6.45) is 7.98. The number of ether oxygens (including phenoxy) is 1. The van der Waals surface area contributed by atoms with Crippen LogP contribution >= 0.6 is 11.3 Å². The predicted octanol–water partition coefficient (Wildman–Crippen LogP) is 4.75. The van der Waals surface area contributed by atoms with Crippen molar-refractivity contribution < 1.29 is 24.0 Å². The Hall–Kier alpha value is -2.72. The number of hydroxylamine groups is 1. The molecule has 0 spiro atoms. The number of nitrogens with zero attached hydrogens (tertiary/aromatic N) is 1. The molecule has 0 fully saturated rings. The highest BCUT2D eigenvalue weighted by Crippen LogP contribution is 2.53. The molecule has 2 atom stereocenters. The van der Waals surface area contributed by atoms with Crippen molar-refractivity contribution in [1.29, 1.82) is 0 Å². The fourth-order valence-electron chi connectivity index (χ4n) is 4.21. The molecule has 1 aliphatic rings. The SMILES string of the molecule is CCCCCC(=O)Nc1nc(C)c(C2(OC)C(C(C)(C)C)=CC=CC2C(=O)NOC(=O)NCC)s1. The van der Waals surface area contributed by atoms with Crippen molar-refractivity contribution in [2.75, 3.05) is 19.0 Å². The highest BCUT2D eigenvalue weighted by molar-refractivity contribution is 7.16. The third kappa shape index (κ3) is 6.70. The van der Waals surface area contributed by atoms with Crippen molar-refractivity contribution in [3.8, 4) is 0 Å². The van der Waals surface area contributed by atoms with Crippen molar-refractivity contribution in [1.82, 2.24) is 15.8 Å². The molecule has 194 valence electrons. The topological polar surface area (TPSA) is 119 Å². The Balaban J connectivity index is 2.46. The number of anilines is 1. The Kier molecular flexibility index (Phi) is 10.0. The third-order valence-electron chi connectivity index (χ3n) is 5.77. The minimum atomic E-state index is -1.21. The first-order valence-corrected chi connectivity index (χ1v) is 12.8. The van der Waals surface area contributed by atoms with E-state index in [1.807, 2.05) is 33.8 Å². The number of aryl methyl sites for hydroxylation is 1. The first-order chi connectivity index (χ1) is 16.5. The van der Waals surface area contributed by atoms with E-state index in [4.69, 9.17) is 9.57 Å². The van der Waals surface area contributed by atoms with Gasteiger partial charge in [0, 0.05) is 20.1 Å². The summed E-state index contributed by atoms with van der Waals surface area (Å²) in [5.41, 5.74) is 2.18. The van der Waals surface area contributed by atoms with Crippen molar-refractivity contribution >= 4 is 34.4 Å². The molecule has 0 radical (unpaired) electrons. The predicted molar refractivity (Wildman–Crippen MR) is 137 cm³/mol. The minimum Gasteiger partial charge on any atom is -0.367 e. The molecule has 10 heteroatoms. The summed E-state index contributed by atoms with van der Waals surface area (Å²) in [6.45, 7) is 12.2. The second-order valence-corrected chi connectivity index (χ2v) is 10.5. The van der Waals surface area contributed by atoms with Gasteiger partial charge in [-0.3, -0.25) is 9.59 Å². The zero-order chi connectivity index (χ0) is 26.2. The maximum Gasteiger partial charge on any atom is 0.431 e. The number of nitrogens with one attached hydrogen (secondary N) is 3. The highest BCUT2D eigenvalue weighted by atomic mass is 32.1. The quantitative estimate of drug-likeness (QED) is 0.329. The fraction of sp³-hybridized carbons (Fsp3) is 0.600. The van der Waals surface area contributed by atoms with Gasteiger partial charge in [-0.1, -0.05) is 70.1 Å². The van der Waals surface area contributed by atoms with Crippen LogP contribution in [0.25, 0.3) is 0 Å². The Bertz CT molecular complexity index is 979.